The Balaban J connectivity index is 1.63. The highest BCUT2D eigenvalue weighted by Gasteiger charge is 2.27. The molecule has 2 nitrogen and oxygen atoms in total. The topological polar surface area (TPSA) is 20.3 Å². The van der Waals surface area contributed by atoms with Gasteiger partial charge in [-0.05, 0) is 36.3 Å². The number of rotatable bonds is 2. The van der Waals surface area contributed by atoms with Gasteiger partial charge in [0.2, 0.25) is 0 Å². The lowest BCUT2D eigenvalue weighted by Gasteiger charge is -2.28. The van der Waals surface area contributed by atoms with Gasteiger partial charge in [-0.3, -0.25) is 9.69 Å². The predicted molar refractivity (Wildman–Crippen MR) is 65.6 cm³/mol. The molecular weight excluding hydrogens is 218 g/mol. The first-order chi connectivity index (χ1) is 7.83. The smallest absolute Gasteiger partial charge is 0.137 e. The molecule has 0 radical (unpaired) electrons. The maximum atomic E-state index is 11.6. The van der Waals surface area contributed by atoms with Gasteiger partial charge >= 0.3 is 0 Å². The molecule has 3 rings (SSSR count). The number of thiophene rings is 1. The summed E-state index contributed by atoms with van der Waals surface area (Å²) in [7, 11) is 0. The van der Waals surface area contributed by atoms with Gasteiger partial charge < -0.3 is 0 Å². The van der Waals surface area contributed by atoms with Crippen molar-refractivity contribution in [2.75, 3.05) is 13.1 Å². The summed E-state index contributed by atoms with van der Waals surface area (Å²) in [6.07, 6.45) is 4.23. The van der Waals surface area contributed by atoms with Crippen LogP contribution < -0.4 is 0 Å². The summed E-state index contributed by atoms with van der Waals surface area (Å²) in [6.45, 7) is 3.19. The minimum Gasteiger partial charge on any atom is -0.299 e. The second kappa shape index (κ2) is 4.30. The molecule has 1 aromatic rings. The first-order valence-electron chi connectivity index (χ1n) is 6.13. The highest BCUT2D eigenvalue weighted by molar-refractivity contribution is 7.10. The molecule has 1 aromatic heterocycles. The minimum atomic E-state index is 0.334. The van der Waals surface area contributed by atoms with Gasteiger partial charge in [-0.15, -0.1) is 11.3 Å². The molecule has 86 valence electrons. The zero-order valence-corrected chi connectivity index (χ0v) is 10.3. The van der Waals surface area contributed by atoms with Crippen molar-refractivity contribution < 1.29 is 4.79 Å². The van der Waals surface area contributed by atoms with Crippen LogP contribution in [0.15, 0.2) is 11.4 Å². The Morgan fingerprint density at radius 3 is 3.19 bits per heavy atom. The lowest BCUT2D eigenvalue weighted by molar-refractivity contribution is -0.121. The third-order valence-electron chi connectivity index (χ3n) is 3.80. The maximum absolute atomic E-state index is 11.6. The van der Waals surface area contributed by atoms with Crippen LogP contribution in [0.4, 0.5) is 0 Å². The van der Waals surface area contributed by atoms with Crippen LogP contribution in [-0.2, 0) is 17.8 Å². The molecule has 0 saturated heterocycles. The van der Waals surface area contributed by atoms with Gasteiger partial charge in [-0.25, -0.2) is 0 Å². The van der Waals surface area contributed by atoms with Crippen LogP contribution in [0, 0.1) is 5.92 Å². The van der Waals surface area contributed by atoms with Gasteiger partial charge in [0.05, 0.1) is 0 Å². The van der Waals surface area contributed by atoms with Gasteiger partial charge in [-0.1, -0.05) is 0 Å². The Morgan fingerprint density at radius 2 is 2.38 bits per heavy atom. The lowest BCUT2D eigenvalue weighted by atomic mass is 10.0. The maximum Gasteiger partial charge on any atom is 0.137 e. The minimum absolute atomic E-state index is 0.334. The Hall–Kier alpha value is -0.670. The van der Waals surface area contributed by atoms with E-state index in [-0.39, 0.29) is 0 Å². The quantitative estimate of drug-likeness (QED) is 0.785. The van der Waals surface area contributed by atoms with Crippen molar-refractivity contribution in [2.24, 2.45) is 5.92 Å². The second-order valence-electron chi connectivity index (χ2n) is 4.91. The number of nitrogens with zero attached hydrogens (tertiary/aromatic N) is 1. The van der Waals surface area contributed by atoms with Crippen molar-refractivity contribution in [1.29, 1.82) is 0 Å². The summed E-state index contributed by atoms with van der Waals surface area (Å²) in [5.74, 6) is 0.830. The Labute approximate surface area is 100 Å². The van der Waals surface area contributed by atoms with Crippen LogP contribution in [0.5, 0.6) is 0 Å². The molecule has 2 aliphatic rings. The second-order valence-corrected chi connectivity index (χ2v) is 5.91. The molecule has 0 bridgehead atoms. The molecular formula is C13H17NOS. The Kier molecular flexibility index (Phi) is 2.82. The SMILES string of the molecule is O=C1CCCC1CN1CCc2sccc2C1. The first-order valence-corrected chi connectivity index (χ1v) is 7.01. The third kappa shape index (κ3) is 1.94. The van der Waals surface area contributed by atoms with E-state index < -0.39 is 0 Å². The fourth-order valence-electron chi connectivity index (χ4n) is 2.86. The van der Waals surface area contributed by atoms with Gasteiger partial charge in [0.25, 0.3) is 0 Å². The van der Waals surface area contributed by atoms with Crippen molar-refractivity contribution in [1.82, 2.24) is 4.90 Å². The Morgan fingerprint density at radius 1 is 1.44 bits per heavy atom. The summed E-state index contributed by atoms with van der Waals surface area (Å²) in [4.78, 5) is 15.6. The number of Topliss-reactive ketones (excluding diaryl/α,β-unsaturated/α-hetero) is 1. The van der Waals surface area contributed by atoms with Crippen LogP contribution in [0.2, 0.25) is 0 Å². The standard InChI is InChI=1S/C13H17NOS/c15-12-3-1-2-10(12)8-14-6-4-13-11(9-14)5-7-16-13/h5,7,10H,1-4,6,8-9H2. The highest BCUT2D eigenvalue weighted by Crippen LogP contribution is 2.27. The molecule has 0 aromatic carbocycles. The molecule has 0 spiro atoms. The zero-order chi connectivity index (χ0) is 11.0. The molecule has 0 amide bonds. The van der Waals surface area contributed by atoms with Crippen molar-refractivity contribution in [3.8, 4) is 0 Å². The molecule has 3 heteroatoms. The molecule has 1 saturated carbocycles. The number of ketones is 1. The fraction of sp³-hybridized carbons (Fsp3) is 0.615. The predicted octanol–water partition coefficient (Wildman–Crippen LogP) is 2.48. The highest BCUT2D eigenvalue weighted by atomic mass is 32.1. The third-order valence-corrected chi connectivity index (χ3v) is 4.82. The van der Waals surface area contributed by atoms with E-state index in [1.54, 1.807) is 4.88 Å². The van der Waals surface area contributed by atoms with E-state index in [1.165, 1.54) is 12.0 Å². The molecule has 16 heavy (non-hydrogen) atoms. The number of hydrogen-bond donors (Lipinski definition) is 0. The Bertz CT molecular complexity index is 398. The molecule has 2 heterocycles. The fourth-order valence-corrected chi connectivity index (χ4v) is 3.75. The monoisotopic (exact) mass is 235 g/mol. The van der Waals surface area contributed by atoms with Gasteiger partial charge in [0.1, 0.15) is 5.78 Å². The van der Waals surface area contributed by atoms with Crippen molar-refractivity contribution in [2.45, 2.75) is 32.2 Å². The lowest BCUT2D eigenvalue weighted by Crippen LogP contribution is -2.35. The molecule has 1 fully saturated rings. The molecule has 1 atom stereocenters. The molecule has 0 N–H and O–H groups in total. The summed E-state index contributed by atoms with van der Waals surface area (Å²) < 4.78 is 0. The largest absolute Gasteiger partial charge is 0.299 e. The van der Waals surface area contributed by atoms with Crippen molar-refractivity contribution >= 4 is 17.1 Å². The average molecular weight is 235 g/mol. The normalized spacial score (nSPS) is 26.0. The summed E-state index contributed by atoms with van der Waals surface area (Å²) >= 11 is 1.88. The van der Waals surface area contributed by atoms with Crippen LogP contribution in [0.1, 0.15) is 29.7 Å². The number of carbonyl (C=O) groups excluding carboxylic acids is 1. The van der Waals surface area contributed by atoms with E-state index in [4.69, 9.17) is 0 Å². The summed E-state index contributed by atoms with van der Waals surface area (Å²) in [5.41, 5.74) is 1.49. The van der Waals surface area contributed by atoms with E-state index in [0.29, 0.717) is 11.7 Å². The van der Waals surface area contributed by atoms with E-state index in [2.05, 4.69) is 16.3 Å². The van der Waals surface area contributed by atoms with E-state index >= 15 is 0 Å². The van der Waals surface area contributed by atoms with Crippen molar-refractivity contribution in [3.63, 3.8) is 0 Å². The number of fused-ring (bicyclic) bond motifs is 1. The van der Waals surface area contributed by atoms with E-state index in [9.17, 15) is 4.79 Å². The van der Waals surface area contributed by atoms with Crippen molar-refractivity contribution in [3.05, 3.63) is 21.9 Å². The molecule has 1 unspecified atom stereocenters. The van der Waals surface area contributed by atoms with Crippen LogP contribution in [0.3, 0.4) is 0 Å². The molecule has 1 aliphatic heterocycles. The van der Waals surface area contributed by atoms with Gasteiger partial charge in [-0.2, -0.15) is 0 Å². The summed E-state index contributed by atoms with van der Waals surface area (Å²) in [5, 5.41) is 2.19. The summed E-state index contributed by atoms with van der Waals surface area (Å²) in [6, 6.07) is 2.24. The molecule has 1 aliphatic carbocycles. The zero-order valence-electron chi connectivity index (χ0n) is 9.45. The van der Waals surface area contributed by atoms with Gasteiger partial charge in [0.15, 0.2) is 0 Å². The van der Waals surface area contributed by atoms with Crippen LogP contribution in [0.25, 0.3) is 0 Å². The average Bonchev–Trinajstić information content (AvgIpc) is 2.88. The first kappa shape index (κ1) is 10.5. The van der Waals surface area contributed by atoms with Gasteiger partial charge in [0, 0.05) is 36.9 Å². The number of hydrogen-bond acceptors (Lipinski definition) is 3. The van der Waals surface area contributed by atoms with Crippen LogP contribution >= 0.6 is 11.3 Å². The van der Waals surface area contributed by atoms with E-state index in [0.717, 1.165) is 38.9 Å². The van der Waals surface area contributed by atoms with Crippen LogP contribution in [-0.4, -0.2) is 23.8 Å². The van der Waals surface area contributed by atoms with E-state index in [1.807, 2.05) is 11.3 Å². The number of carbonyl (C=O) groups is 1.